The Labute approximate surface area is 183 Å². The number of para-hydroxylation sites is 2. The summed E-state index contributed by atoms with van der Waals surface area (Å²) in [5.41, 5.74) is 0.965. The summed E-state index contributed by atoms with van der Waals surface area (Å²) in [7, 11) is -3.77. The van der Waals surface area contributed by atoms with Gasteiger partial charge in [0.05, 0.1) is 17.7 Å². The van der Waals surface area contributed by atoms with E-state index in [2.05, 4.69) is 10.5 Å². The molecule has 1 aromatic carbocycles. The van der Waals surface area contributed by atoms with E-state index in [1.54, 1.807) is 13.8 Å². The molecule has 1 atom stereocenters. The van der Waals surface area contributed by atoms with Crippen LogP contribution in [0.3, 0.4) is 0 Å². The molecule has 1 N–H and O–H groups in total. The number of aryl methyl sites for hydroxylation is 2. The first-order chi connectivity index (χ1) is 14.9. The quantitative estimate of drug-likeness (QED) is 0.725. The molecule has 1 saturated carbocycles. The second-order valence-corrected chi connectivity index (χ2v) is 10.2. The monoisotopic (exact) mass is 447 g/mol. The van der Waals surface area contributed by atoms with Gasteiger partial charge in [-0.15, -0.1) is 0 Å². The van der Waals surface area contributed by atoms with Gasteiger partial charge in [-0.2, -0.15) is 4.31 Å². The summed E-state index contributed by atoms with van der Waals surface area (Å²) >= 11 is 0. The highest BCUT2D eigenvalue weighted by molar-refractivity contribution is 7.89. The van der Waals surface area contributed by atoms with Crippen LogP contribution >= 0.6 is 0 Å². The van der Waals surface area contributed by atoms with Crippen LogP contribution in [0.2, 0.25) is 0 Å². The van der Waals surface area contributed by atoms with E-state index in [1.807, 2.05) is 24.3 Å². The van der Waals surface area contributed by atoms with Crippen molar-refractivity contribution in [3.63, 3.8) is 0 Å². The Morgan fingerprint density at radius 3 is 2.61 bits per heavy atom. The van der Waals surface area contributed by atoms with Crippen LogP contribution in [0.4, 0.5) is 5.69 Å². The number of piperidine rings is 1. The van der Waals surface area contributed by atoms with Gasteiger partial charge in [0.25, 0.3) is 0 Å². The van der Waals surface area contributed by atoms with E-state index in [4.69, 9.17) is 9.26 Å². The van der Waals surface area contributed by atoms with Crippen LogP contribution in [-0.2, 0) is 14.8 Å². The smallest absolute Gasteiger partial charge is 0.248 e. The number of nitrogens with one attached hydrogen (secondary N) is 1. The van der Waals surface area contributed by atoms with Gasteiger partial charge in [0, 0.05) is 13.1 Å². The number of benzene rings is 1. The van der Waals surface area contributed by atoms with Gasteiger partial charge >= 0.3 is 0 Å². The van der Waals surface area contributed by atoms with Crippen LogP contribution in [0, 0.1) is 19.8 Å². The van der Waals surface area contributed by atoms with Crippen molar-refractivity contribution in [2.45, 2.75) is 63.4 Å². The first-order valence-electron chi connectivity index (χ1n) is 10.9. The molecule has 9 heteroatoms. The van der Waals surface area contributed by atoms with Crippen LogP contribution < -0.4 is 10.1 Å². The van der Waals surface area contributed by atoms with Gasteiger partial charge in [0.1, 0.15) is 16.3 Å². The maximum Gasteiger partial charge on any atom is 0.248 e. The number of hydrogen-bond acceptors (Lipinski definition) is 6. The number of nitrogens with zero attached hydrogens (tertiary/aromatic N) is 2. The Morgan fingerprint density at radius 1 is 1.16 bits per heavy atom. The molecule has 8 nitrogen and oxygen atoms in total. The van der Waals surface area contributed by atoms with Crippen molar-refractivity contribution in [2.24, 2.45) is 5.92 Å². The molecule has 1 aliphatic carbocycles. The first-order valence-corrected chi connectivity index (χ1v) is 12.3. The van der Waals surface area contributed by atoms with Crippen LogP contribution in [0.5, 0.6) is 5.75 Å². The fourth-order valence-corrected chi connectivity index (χ4v) is 6.25. The number of carbonyl (C=O) groups excluding carboxylic acids is 1. The molecule has 2 aliphatic rings. The van der Waals surface area contributed by atoms with Crippen molar-refractivity contribution < 1.29 is 22.5 Å². The van der Waals surface area contributed by atoms with E-state index in [0.717, 1.165) is 25.7 Å². The van der Waals surface area contributed by atoms with Gasteiger partial charge in [-0.3, -0.25) is 4.79 Å². The summed E-state index contributed by atoms with van der Waals surface area (Å²) in [6.45, 7) is 3.70. The van der Waals surface area contributed by atoms with Crippen molar-refractivity contribution in [1.82, 2.24) is 9.46 Å². The maximum atomic E-state index is 13.1. The highest BCUT2D eigenvalue weighted by atomic mass is 32.2. The van der Waals surface area contributed by atoms with E-state index in [-0.39, 0.29) is 29.2 Å². The van der Waals surface area contributed by atoms with Gasteiger partial charge in [0.2, 0.25) is 15.9 Å². The van der Waals surface area contributed by atoms with E-state index >= 15 is 0 Å². The number of amides is 1. The number of sulfonamides is 1. The van der Waals surface area contributed by atoms with E-state index in [9.17, 15) is 13.2 Å². The number of aromatic nitrogens is 1. The van der Waals surface area contributed by atoms with E-state index in [0.29, 0.717) is 36.5 Å². The lowest BCUT2D eigenvalue weighted by atomic mass is 9.98. The highest BCUT2D eigenvalue weighted by Crippen LogP contribution is 2.32. The molecule has 4 rings (SSSR count). The molecule has 168 valence electrons. The molecule has 31 heavy (non-hydrogen) atoms. The Morgan fingerprint density at radius 2 is 1.90 bits per heavy atom. The molecule has 2 fully saturated rings. The molecule has 2 aromatic rings. The minimum Gasteiger partial charge on any atom is -0.488 e. The summed E-state index contributed by atoms with van der Waals surface area (Å²) in [5, 5.41) is 6.73. The lowest BCUT2D eigenvalue weighted by Gasteiger charge is -2.31. The van der Waals surface area contributed by atoms with Gasteiger partial charge in [-0.1, -0.05) is 17.3 Å². The summed E-state index contributed by atoms with van der Waals surface area (Å²) < 4.78 is 38.8. The Bertz CT molecular complexity index is 1020. The van der Waals surface area contributed by atoms with Crippen LogP contribution in [0.25, 0.3) is 0 Å². The lowest BCUT2D eigenvalue weighted by molar-refractivity contribution is -0.120. The zero-order valence-corrected chi connectivity index (χ0v) is 18.8. The van der Waals surface area contributed by atoms with Crippen molar-refractivity contribution >= 4 is 21.6 Å². The number of hydrogen-bond donors (Lipinski definition) is 1. The number of ether oxygens (including phenoxy) is 1. The number of anilines is 1. The number of rotatable bonds is 6. The Balaban J connectivity index is 1.46. The standard InChI is InChI=1S/C22H29N3O5S/c1-15-21(16(2)30-24-15)31(27,28)25-13-7-8-17(14-25)22(26)23-19-11-5-6-12-20(19)29-18-9-3-4-10-18/h5-6,11-12,17-18H,3-4,7-10,13-14H2,1-2H3,(H,23,26). The largest absolute Gasteiger partial charge is 0.488 e. The van der Waals surface area contributed by atoms with Crippen molar-refractivity contribution in [3.05, 3.63) is 35.7 Å². The predicted octanol–water partition coefficient (Wildman–Crippen LogP) is 3.65. The summed E-state index contributed by atoms with van der Waals surface area (Å²) in [6, 6.07) is 7.43. The second kappa shape index (κ2) is 9.00. The molecular weight excluding hydrogens is 418 g/mol. The second-order valence-electron chi connectivity index (χ2n) is 8.37. The topological polar surface area (TPSA) is 102 Å². The molecule has 0 spiro atoms. The SMILES string of the molecule is Cc1noc(C)c1S(=O)(=O)N1CCCC(C(=O)Nc2ccccc2OC2CCCC2)C1. The zero-order valence-electron chi connectivity index (χ0n) is 18.0. The molecule has 1 aromatic heterocycles. The highest BCUT2D eigenvalue weighted by Gasteiger charge is 2.36. The molecular formula is C22H29N3O5S. The summed E-state index contributed by atoms with van der Waals surface area (Å²) in [5.74, 6) is 0.297. The summed E-state index contributed by atoms with van der Waals surface area (Å²) in [4.78, 5) is 13.1. The lowest BCUT2D eigenvalue weighted by Crippen LogP contribution is -2.44. The molecule has 1 aliphatic heterocycles. The third kappa shape index (κ3) is 4.62. The molecule has 1 saturated heterocycles. The van der Waals surface area contributed by atoms with E-state index in [1.165, 1.54) is 4.31 Å². The minimum absolute atomic E-state index is 0.101. The fraction of sp³-hybridized carbons (Fsp3) is 0.545. The van der Waals surface area contributed by atoms with Crippen molar-refractivity contribution in [1.29, 1.82) is 0 Å². The van der Waals surface area contributed by atoms with Crippen LogP contribution in [0.15, 0.2) is 33.7 Å². The third-order valence-electron chi connectivity index (χ3n) is 6.06. The van der Waals surface area contributed by atoms with Gasteiger partial charge in [-0.05, 0) is 64.5 Å². The number of carbonyl (C=O) groups is 1. The maximum absolute atomic E-state index is 13.1. The van der Waals surface area contributed by atoms with Crippen LogP contribution in [-0.4, -0.2) is 43.0 Å². The Kier molecular flexibility index (Phi) is 6.34. The zero-order chi connectivity index (χ0) is 22.0. The first kappa shape index (κ1) is 21.8. The van der Waals surface area contributed by atoms with Gasteiger partial charge in [-0.25, -0.2) is 8.42 Å². The van der Waals surface area contributed by atoms with Gasteiger partial charge in [0.15, 0.2) is 5.76 Å². The average Bonchev–Trinajstić information content (AvgIpc) is 3.39. The molecule has 0 radical (unpaired) electrons. The Hall–Kier alpha value is -2.39. The third-order valence-corrected chi connectivity index (χ3v) is 8.17. The molecule has 1 amide bonds. The van der Waals surface area contributed by atoms with E-state index < -0.39 is 15.9 Å². The van der Waals surface area contributed by atoms with Gasteiger partial charge < -0.3 is 14.6 Å². The molecule has 2 heterocycles. The summed E-state index contributed by atoms with van der Waals surface area (Å²) in [6.07, 6.45) is 5.81. The van der Waals surface area contributed by atoms with Crippen molar-refractivity contribution in [2.75, 3.05) is 18.4 Å². The average molecular weight is 448 g/mol. The predicted molar refractivity (Wildman–Crippen MR) is 115 cm³/mol. The van der Waals surface area contributed by atoms with Crippen molar-refractivity contribution in [3.8, 4) is 5.75 Å². The fourth-order valence-electron chi connectivity index (χ4n) is 4.44. The minimum atomic E-state index is -3.77. The molecule has 0 bridgehead atoms. The molecule has 1 unspecified atom stereocenters. The van der Waals surface area contributed by atoms with Crippen LogP contribution in [0.1, 0.15) is 50.0 Å². The normalized spacial score (nSPS) is 20.6.